The summed E-state index contributed by atoms with van der Waals surface area (Å²) in [6, 6.07) is 3.23. The molecule has 0 aliphatic carbocycles. The van der Waals surface area contributed by atoms with Gasteiger partial charge in [-0.15, -0.1) is 0 Å². The molecule has 0 spiro atoms. The summed E-state index contributed by atoms with van der Waals surface area (Å²) in [5.41, 5.74) is -0.162. The summed E-state index contributed by atoms with van der Waals surface area (Å²) in [6.45, 7) is 13.4. The van der Waals surface area contributed by atoms with Crippen LogP contribution in [0.3, 0.4) is 0 Å². The summed E-state index contributed by atoms with van der Waals surface area (Å²) in [4.78, 5) is 15.7. The van der Waals surface area contributed by atoms with Crippen LogP contribution in [0.15, 0.2) is 47.1 Å². The van der Waals surface area contributed by atoms with Crippen LogP contribution in [-0.2, 0) is 29.8 Å². The van der Waals surface area contributed by atoms with Crippen molar-refractivity contribution in [1.29, 1.82) is 0 Å². The lowest BCUT2D eigenvalue weighted by Crippen LogP contribution is -2.49. The van der Waals surface area contributed by atoms with Gasteiger partial charge in [0.1, 0.15) is 13.1 Å². The number of ether oxygens (including phenoxy) is 4. The third-order valence-electron chi connectivity index (χ3n) is 7.27. The molecule has 0 saturated heterocycles. The van der Waals surface area contributed by atoms with E-state index >= 15 is 0 Å². The molecule has 1 heterocycles. The molecule has 224 valence electrons. The van der Waals surface area contributed by atoms with Crippen LogP contribution in [0, 0.1) is 17.3 Å². The second-order valence-corrected chi connectivity index (χ2v) is 14.8. The molecule has 0 amide bonds. The average molecular weight is 576 g/mol. The molecule has 40 heavy (non-hydrogen) atoms. The van der Waals surface area contributed by atoms with Gasteiger partial charge in [0.15, 0.2) is 19.9 Å². The fourth-order valence-corrected chi connectivity index (χ4v) is 7.33. The molecule has 0 aliphatic heterocycles. The number of rotatable bonds is 18. The SMILES string of the molecule is C/C=C/[C@H](OCOC)C(C)(C)[C@H](C/C=C\C#C/C=C/[C@@H](Cc1nc(C(=O)OC)co1)OC)O[Si](CC)(CC)CC. The van der Waals surface area contributed by atoms with Gasteiger partial charge in [0.2, 0.25) is 0 Å². The van der Waals surface area contributed by atoms with Crippen molar-refractivity contribution in [2.24, 2.45) is 5.41 Å². The second-order valence-electron chi connectivity index (χ2n) is 10.1. The van der Waals surface area contributed by atoms with Gasteiger partial charge in [0, 0.05) is 19.6 Å². The minimum atomic E-state index is -1.87. The molecular weight excluding hydrogens is 526 g/mol. The highest BCUT2D eigenvalue weighted by molar-refractivity contribution is 6.73. The maximum Gasteiger partial charge on any atom is 0.360 e. The predicted molar refractivity (Wildman–Crippen MR) is 160 cm³/mol. The number of oxazole rings is 1. The maximum absolute atomic E-state index is 11.6. The number of carbonyl (C=O) groups excluding carboxylic acids is 1. The fourth-order valence-electron chi connectivity index (χ4n) is 4.33. The highest BCUT2D eigenvalue weighted by atomic mass is 28.4. The summed E-state index contributed by atoms with van der Waals surface area (Å²) in [6.07, 6.45) is 13.5. The first-order valence-corrected chi connectivity index (χ1v) is 16.5. The van der Waals surface area contributed by atoms with Gasteiger partial charge in [0.05, 0.1) is 31.8 Å². The van der Waals surface area contributed by atoms with Crippen molar-refractivity contribution >= 4 is 14.3 Å². The van der Waals surface area contributed by atoms with Gasteiger partial charge in [-0.3, -0.25) is 0 Å². The van der Waals surface area contributed by atoms with Crippen LogP contribution < -0.4 is 0 Å². The molecule has 0 aromatic carbocycles. The smallest absolute Gasteiger partial charge is 0.360 e. The first-order valence-electron chi connectivity index (χ1n) is 14.0. The number of hydrogen-bond donors (Lipinski definition) is 0. The quantitative estimate of drug-likeness (QED) is 0.0644. The Morgan fingerprint density at radius 1 is 1.10 bits per heavy atom. The third kappa shape index (κ3) is 11.2. The fraction of sp³-hybridized carbons (Fsp3) is 0.613. The van der Waals surface area contributed by atoms with E-state index in [0.29, 0.717) is 12.3 Å². The van der Waals surface area contributed by atoms with E-state index in [1.807, 2.05) is 25.2 Å². The van der Waals surface area contributed by atoms with E-state index in [-0.39, 0.29) is 36.2 Å². The number of allylic oxidation sites excluding steroid dienone is 3. The number of hydrogen-bond acceptors (Lipinski definition) is 8. The number of carbonyl (C=O) groups is 1. The number of esters is 1. The van der Waals surface area contributed by atoms with Gasteiger partial charge in [-0.1, -0.05) is 64.7 Å². The number of nitrogens with zero attached hydrogens (tertiary/aromatic N) is 1. The van der Waals surface area contributed by atoms with Crippen molar-refractivity contribution in [3.8, 4) is 11.8 Å². The highest BCUT2D eigenvalue weighted by Crippen LogP contribution is 2.37. The van der Waals surface area contributed by atoms with Gasteiger partial charge >= 0.3 is 5.97 Å². The molecule has 0 aliphatic rings. The summed E-state index contributed by atoms with van der Waals surface area (Å²) < 4.78 is 33.8. The predicted octanol–water partition coefficient (Wildman–Crippen LogP) is 6.51. The van der Waals surface area contributed by atoms with E-state index in [4.69, 9.17) is 23.1 Å². The zero-order valence-corrected chi connectivity index (χ0v) is 26.8. The van der Waals surface area contributed by atoms with Crippen molar-refractivity contribution in [3.63, 3.8) is 0 Å². The molecule has 1 rings (SSSR count). The Bertz CT molecular complexity index is 1010. The first kappa shape index (κ1) is 35.5. The lowest BCUT2D eigenvalue weighted by molar-refractivity contribution is -0.116. The topological polar surface area (TPSA) is 89.3 Å². The van der Waals surface area contributed by atoms with Crippen molar-refractivity contribution in [3.05, 3.63) is 54.3 Å². The van der Waals surface area contributed by atoms with Crippen LogP contribution in [0.4, 0.5) is 0 Å². The zero-order chi connectivity index (χ0) is 30.0. The zero-order valence-electron chi connectivity index (χ0n) is 25.8. The normalized spacial score (nSPS) is 14.9. The monoisotopic (exact) mass is 575 g/mol. The maximum atomic E-state index is 11.6. The molecule has 1 aromatic rings. The summed E-state index contributed by atoms with van der Waals surface area (Å²) in [5.74, 6) is 5.94. The van der Waals surface area contributed by atoms with E-state index in [0.717, 1.165) is 24.6 Å². The van der Waals surface area contributed by atoms with Crippen molar-refractivity contribution < 1.29 is 32.6 Å². The second kappa shape index (κ2) is 18.8. The molecular formula is C31H49NO7Si. The molecule has 0 bridgehead atoms. The van der Waals surface area contributed by atoms with Crippen molar-refractivity contribution in [2.75, 3.05) is 28.1 Å². The Hall–Kier alpha value is -2.48. The van der Waals surface area contributed by atoms with Gasteiger partial charge in [-0.05, 0) is 49.7 Å². The lowest BCUT2D eigenvalue weighted by atomic mass is 9.79. The van der Waals surface area contributed by atoms with Crippen molar-refractivity contribution in [1.82, 2.24) is 4.98 Å². The molecule has 0 unspecified atom stereocenters. The summed E-state index contributed by atoms with van der Waals surface area (Å²) in [7, 11) is 2.66. The standard InChI is InChI=1S/C31H49NO7Si/c1-10-19-27(38-24-34-7)31(5,6)28(39-40(11-2,12-3)13-4)21-18-16-14-15-17-20-25(35-8)22-29-32-26(23-37-29)30(33)36-9/h10,16-20,23,25,27-28H,11-13,21-22,24H2,1-9H3/b18-16-,19-10+,20-17+/t25-,27-,28-/m0/s1. The molecule has 9 heteroatoms. The van der Waals surface area contributed by atoms with Crippen LogP contribution in [-0.4, -0.2) is 65.7 Å². The van der Waals surface area contributed by atoms with Crippen LogP contribution in [0.25, 0.3) is 0 Å². The molecule has 3 atom stereocenters. The van der Waals surface area contributed by atoms with E-state index in [9.17, 15) is 4.79 Å². The Labute approximate surface area is 242 Å². The Morgan fingerprint density at radius 3 is 2.35 bits per heavy atom. The Kier molecular flexibility index (Phi) is 16.7. The largest absolute Gasteiger partial charge is 0.464 e. The van der Waals surface area contributed by atoms with Gasteiger partial charge in [0.25, 0.3) is 0 Å². The van der Waals surface area contributed by atoms with Crippen LogP contribution in [0.1, 0.15) is 64.3 Å². The summed E-state index contributed by atoms with van der Waals surface area (Å²) in [5, 5.41) is 0. The molecule has 0 saturated carbocycles. The van der Waals surface area contributed by atoms with E-state index < -0.39 is 14.3 Å². The van der Waals surface area contributed by atoms with Crippen LogP contribution in [0.2, 0.25) is 18.1 Å². The minimum absolute atomic E-state index is 0.0424. The van der Waals surface area contributed by atoms with E-state index in [1.54, 1.807) is 20.3 Å². The third-order valence-corrected chi connectivity index (χ3v) is 11.9. The van der Waals surface area contributed by atoms with Gasteiger partial charge < -0.3 is 27.8 Å². The van der Waals surface area contributed by atoms with Crippen LogP contribution >= 0.6 is 0 Å². The lowest BCUT2D eigenvalue weighted by Gasteiger charge is -2.44. The van der Waals surface area contributed by atoms with Gasteiger partial charge in [-0.25, -0.2) is 9.78 Å². The molecule has 0 radical (unpaired) electrons. The number of aromatic nitrogens is 1. The van der Waals surface area contributed by atoms with Crippen molar-refractivity contribution in [2.45, 2.75) is 90.8 Å². The van der Waals surface area contributed by atoms with E-state index in [2.05, 4.69) is 68.3 Å². The first-order chi connectivity index (χ1) is 19.2. The van der Waals surface area contributed by atoms with Crippen LogP contribution in [0.5, 0.6) is 0 Å². The molecule has 8 nitrogen and oxygen atoms in total. The Balaban J connectivity index is 2.97. The van der Waals surface area contributed by atoms with Gasteiger partial charge in [-0.2, -0.15) is 0 Å². The molecule has 1 aromatic heterocycles. The minimum Gasteiger partial charge on any atom is -0.464 e. The average Bonchev–Trinajstić information content (AvgIpc) is 3.43. The summed E-state index contributed by atoms with van der Waals surface area (Å²) >= 11 is 0. The Morgan fingerprint density at radius 2 is 1.77 bits per heavy atom. The molecule has 0 fully saturated rings. The highest BCUT2D eigenvalue weighted by Gasteiger charge is 2.42. The molecule has 0 N–H and O–H groups in total. The number of methoxy groups -OCH3 is 3. The van der Waals surface area contributed by atoms with E-state index in [1.165, 1.54) is 13.4 Å².